The minimum Gasteiger partial charge on any atom is -0.386 e. The Hall–Kier alpha value is -0.970. The van der Waals surface area contributed by atoms with Crippen molar-refractivity contribution in [2.45, 2.75) is 38.0 Å². The van der Waals surface area contributed by atoms with E-state index in [4.69, 9.17) is 4.74 Å². The zero-order valence-corrected chi connectivity index (χ0v) is 11.2. The third-order valence-corrected chi connectivity index (χ3v) is 4.32. The van der Waals surface area contributed by atoms with E-state index in [1.54, 1.807) is 6.07 Å². The number of aliphatic hydroxyl groups excluding tert-OH is 1. The van der Waals surface area contributed by atoms with Gasteiger partial charge in [0, 0.05) is 12.6 Å². The summed E-state index contributed by atoms with van der Waals surface area (Å²) in [4.78, 5) is 2.40. The van der Waals surface area contributed by atoms with Gasteiger partial charge in [-0.15, -0.1) is 0 Å². The van der Waals surface area contributed by atoms with Gasteiger partial charge >= 0.3 is 0 Å². The van der Waals surface area contributed by atoms with Gasteiger partial charge in [-0.1, -0.05) is 6.07 Å². The fourth-order valence-corrected chi connectivity index (χ4v) is 3.20. The Morgan fingerprint density at radius 3 is 3.11 bits per heavy atom. The molecule has 1 aromatic rings. The van der Waals surface area contributed by atoms with E-state index in [0.29, 0.717) is 12.6 Å². The van der Waals surface area contributed by atoms with Crippen molar-refractivity contribution in [3.05, 3.63) is 35.1 Å². The lowest BCUT2D eigenvalue weighted by atomic mass is 9.98. The van der Waals surface area contributed by atoms with Crippen LogP contribution in [0.4, 0.5) is 4.39 Å². The Morgan fingerprint density at radius 1 is 1.47 bits per heavy atom. The van der Waals surface area contributed by atoms with Crippen LogP contribution in [0.1, 0.15) is 30.1 Å². The average Bonchev–Trinajstić information content (AvgIpc) is 2.85. The van der Waals surface area contributed by atoms with Crippen molar-refractivity contribution in [3.63, 3.8) is 0 Å². The van der Waals surface area contributed by atoms with Gasteiger partial charge in [-0.3, -0.25) is 4.90 Å². The van der Waals surface area contributed by atoms with E-state index in [2.05, 4.69) is 4.90 Å². The van der Waals surface area contributed by atoms with Crippen LogP contribution in [-0.2, 0) is 4.74 Å². The Kier molecular flexibility index (Phi) is 3.56. The van der Waals surface area contributed by atoms with Crippen molar-refractivity contribution in [2.24, 2.45) is 0 Å². The fraction of sp³-hybridized carbons (Fsp3) is 0.600. The molecule has 0 aliphatic carbocycles. The molecule has 3 rings (SSSR count). The van der Waals surface area contributed by atoms with Crippen LogP contribution in [0.2, 0.25) is 0 Å². The first-order valence-electron chi connectivity index (χ1n) is 6.95. The highest BCUT2D eigenvalue weighted by atomic mass is 19.1. The molecule has 0 bridgehead atoms. The van der Waals surface area contributed by atoms with E-state index in [1.165, 1.54) is 25.0 Å². The lowest BCUT2D eigenvalue weighted by Gasteiger charge is -2.37. The quantitative estimate of drug-likeness (QED) is 0.888. The SMILES string of the molecule is Cc1cc(F)ccc1C(O)C1CN2CCCC2CO1. The summed E-state index contributed by atoms with van der Waals surface area (Å²) >= 11 is 0. The zero-order chi connectivity index (χ0) is 13.4. The van der Waals surface area contributed by atoms with Gasteiger partial charge in [0.1, 0.15) is 18.0 Å². The first-order chi connectivity index (χ1) is 9.15. The van der Waals surface area contributed by atoms with Crippen LogP contribution in [0.25, 0.3) is 0 Å². The molecular formula is C15H20FNO2. The lowest BCUT2D eigenvalue weighted by Crippen LogP contribution is -2.48. The van der Waals surface area contributed by atoms with E-state index in [1.807, 2.05) is 6.92 Å². The third-order valence-electron chi connectivity index (χ3n) is 4.32. The Balaban J connectivity index is 1.74. The second kappa shape index (κ2) is 5.19. The molecule has 2 saturated heterocycles. The van der Waals surface area contributed by atoms with Crippen molar-refractivity contribution < 1.29 is 14.2 Å². The number of nitrogens with zero attached hydrogens (tertiary/aromatic N) is 1. The molecule has 104 valence electrons. The van der Waals surface area contributed by atoms with Crippen LogP contribution in [0, 0.1) is 12.7 Å². The number of aliphatic hydroxyl groups is 1. The summed E-state index contributed by atoms with van der Waals surface area (Å²) in [6.45, 7) is 4.38. The molecule has 2 aliphatic rings. The molecule has 0 spiro atoms. The minimum atomic E-state index is -0.679. The molecule has 1 aromatic carbocycles. The number of ether oxygens (including phenoxy) is 1. The number of halogens is 1. The predicted octanol–water partition coefficient (Wildman–Crippen LogP) is 2.03. The van der Waals surface area contributed by atoms with Gasteiger partial charge in [0.15, 0.2) is 0 Å². The second-order valence-electron chi connectivity index (χ2n) is 5.61. The monoisotopic (exact) mass is 265 g/mol. The Bertz CT molecular complexity index is 465. The summed E-state index contributed by atoms with van der Waals surface area (Å²) in [6.07, 6.45) is 1.52. The summed E-state index contributed by atoms with van der Waals surface area (Å²) in [5.41, 5.74) is 1.55. The normalized spacial score (nSPS) is 29.2. The first kappa shape index (κ1) is 13.0. The van der Waals surface area contributed by atoms with Crippen molar-refractivity contribution in [2.75, 3.05) is 19.7 Å². The highest BCUT2D eigenvalue weighted by molar-refractivity contribution is 5.29. The Labute approximate surface area is 113 Å². The summed E-state index contributed by atoms with van der Waals surface area (Å²) in [6, 6.07) is 5.04. The van der Waals surface area contributed by atoms with Crippen molar-refractivity contribution in [1.29, 1.82) is 0 Å². The molecule has 3 nitrogen and oxygen atoms in total. The molecule has 3 unspecified atom stereocenters. The molecule has 2 aliphatic heterocycles. The van der Waals surface area contributed by atoms with E-state index < -0.39 is 6.10 Å². The van der Waals surface area contributed by atoms with Gasteiger partial charge in [0.2, 0.25) is 0 Å². The molecule has 1 N–H and O–H groups in total. The summed E-state index contributed by atoms with van der Waals surface area (Å²) in [5, 5.41) is 10.5. The van der Waals surface area contributed by atoms with Crippen molar-refractivity contribution in [3.8, 4) is 0 Å². The van der Waals surface area contributed by atoms with Crippen LogP contribution in [0.5, 0.6) is 0 Å². The van der Waals surface area contributed by atoms with Crippen molar-refractivity contribution >= 4 is 0 Å². The number of hydrogen-bond donors (Lipinski definition) is 1. The fourth-order valence-electron chi connectivity index (χ4n) is 3.20. The number of morpholine rings is 1. The number of fused-ring (bicyclic) bond motifs is 1. The first-order valence-corrected chi connectivity index (χ1v) is 6.95. The molecule has 0 saturated carbocycles. The lowest BCUT2D eigenvalue weighted by molar-refractivity contribution is -0.104. The average molecular weight is 265 g/mol. The number of benzene rings is 1. The maximum absolute atomic E-state index is 13.1. The summed E-state index contributed by atoms with van der Waals surface area (Å²) in [7, 11) is 0. The maximum Gasteiger partial charge on any atom is 0.123 e. The standard InChI is InChI=1S/C15H20FNO2/c1-10-7-11(16)4-5-13(10)15(18)14-8-17-6-2-3-12(17)9-19-14/h4-5,7,12,14-15,18H,2-3,6,8-9H2,1H3. The molecule has 4 heteroatoms. The molecular weight excluding hydrogens is 245 g/mol. The van der Waals surface area contributed by atoms with Gasteiger partial charge in [-0.25, -0.2) is 4.39 Å². The summed E-state index contributed by atoms with van der Waals surface area (Å²) in [5.74, 6) is -0.266. The van der Waals surface area contributed by atoms with E-state index in [-0.39, 0.29) is 11.9 Å². The van der Waals surface area contributed by atoms with Crippen LogP contribution in [0.3, 0.4) is 0 Å². The van der Waals surface area contributed by atoms with Gasteiger partial charge < -0.3 is 9.84 Å². The molecule has 3 atom stereocenters. The van der Waals surface area contributed by atoms with Crippen LogP contribution < -0.4 is 0 Å². The van der Waals surface area contributed by atoms with Gasteiger partial charge in [-0.2, -0.15) is 0 Å². The number of hydrogen-bond acceptors (Lipinski definition) is 3. The molecule has 2 fully saturated rings. The minimum absolute atomic E-state index is 0.210. The topological polar surface area (TPSA) is 32.7 Å². The summed E-state index contributed by atoms with van der Waals surface area (Å²) < 4.78 is 18.9. The molecule has 0 amide bonds. The Morgan fingerprint density at radius 2 is 2.32 bits per heavy atom. The highest BCUT2D eigenvalue weighted by Gasteiger charge is 2.36. The van der Waals surface area contributed by atoms with E-state index in [9.17, 15) is 9.50 Å². The van der Waals surface area contributed by atoms with Crippen LogP contribution in [-0.4, -0.2) is 41.8 Å². The van der Waals surface area contributed by atoms with Crippen molar-refractivity contribution in [1.82, 2.24) is 4.90 Å². The highest BCUT2D eigenvalue weighted by Crippen LogP contribution is 2.30. The maximum atomic E-state index is 13.1. The second-order valence-corrected chi connectivity index (χ2v) is 5.61. The zero-order valence-electron chi connectivity index (χ0n) is 11.2. The molecule has 19 heavy (non-hydrogen) atoms. The number of rotatable bonds is 2. The van der Waals surface area contributed by atoms with Gasteiger partial charge in [0.05, 0.1) is 6.61 Å². The van der Waals surface area contributed by atoms with Crippen LogP contribution >= 0.6 is 0 Å². The van der Waals surface area contributed by atoms with Gasteiger partial charge in [-0.05, 0) is 49.6 Å². The smallest absolute Gasteiger partial charge is 0.123 e. The number of aryl methyl sites for hydroxylation is 1. The molecule has 0 aromatic heterocycles. The van der Waals surface area contributed by atoms with Crippen LogP contribution in [0.15, 0.2) is 18.2 Å². The predicted molar refractivity (Wildman–Crippen MR) is 70.4 cm³/mol. The molecule has 0 radical (unpaired) electrons. The molecule has 2 heterocycles. The third kappa shape index (κ3) is 2.53. The van der Waals surface area contributed by atoms with E-state index >= 15 is 0 Å². The largest absolute Gasteiger partial charge is 0.386 e. The van der Waals surface area contributed by atoms with Gasteiger partial charge in [0.25, 0.3) is 0 Å². The van der Waals surface area contributed by atoms with E-state index in [0.717, 1.165) is 24.2 Å².